The molecule has 0 N–H and O–H groups in total. The van der Waals surface area contributed by atoms with Crippen molar-refractivity contribution in [2.24, 2.45) is 4.40 Å². The molecule has 1 heterocycles. The fraction of sp³-hybridized carbons (Fsp3) is 0.231. The molecule has 0 fully saturated rings. The number of hydrogen-bond donors (Lipinski definition) is 0. The van der Waals surface area contributed by atoms with Crippen molar-refractivity contribution in [3.63, 3.8) is 0 Å². The monoisotopic (exact) mass is 294 g/mol. The van der Waals surface area contributed by atoms with Gasteiger partial charge in [-0.2, -0.15) is 8.42 Å². The zero-order valence-corrected chi connectivity index (χ0v) is 11.9. The lowest BCUT2D eigenvalue weighted by atomic mass is 10.2. The first-order valence-corrected chi connectivity index (χ1v) is 7.27. The van der Waals surface area contributed by atoms with Crippen LogP contribution in [0.1, 0.15) is 12.5 Å². The standard InChI is InChI=1S/C13H14N2O4S/c1-10-12(8-15(2)20(17,18)14-10)13(16)19-9-11-6-4-3-5-7-11/h3-8H,9H2,1-2H3. The first-order valence-electron chi connectivity index (χ1n) is 5.88. The van der Waals surface area contributed by atoms with E-state index in [0.717, 1.165) is 9.87 Å². The Morgan fingerprint density at radius 2 is 1.95 bits per heavy atom. The van der Waals surface area contributed by atoms with Crippen LogP contribution in [0.4, 0.5) is 0 Å². The Morgan fingerprint density at radius 1 is 1.30 bits per heavy atom. The lowest BCUT2D eigenvalue weighted by molar-refractivity contribution is -0.139. The number of rotatable bonds is 3. The molecule has 0 bridgehead atoms. The molecule has 1 aliphatic heterocycles. The number of carbonyl (C=O) groups excluding carboxylic acids is 1. The van der Waals surface area contributed by atoms with Gasteiger partial charge in [-0.1, -0.05) is 30.3 Å². The predicted octanol–water partition coefficient (Wildman–Crippen LogP) is 1.26. The molecule has 1 aromatic rings. The van der Waals surface area contributed by atoms with E-state index in [4.69, 9.17) is 4.74 Å². The van der Waals surface area contributed by atoms with E-state index in [1.165, 1.54) is 20.2 Å². The molecule has 0 atom stereocenters. The van der Waals surface area contributed by atoms with Gasteiger partial charge in [0.05, 0.1) is 11.3 Å². The van der Waals surface area contributed by atoms with E-state index in [1.807, 2.05) is 30.3 Å². The van der Waals surface area contributed by atoms with E-state index < -0.39 is 16.2 Å². The fourth-order valence-corrected chi connectivity index (χ4v) is 2.44. The van der Waals surface area contributed by atoms with Gasteiger partial charge in [-0.15, -0.1) is 4.40 Å². The molecule has 106 valence electrons. The number of nitrogens with zero attached hydrogens (tertiary/aromatic N) is 2. The third-order valence-corrected chi connectivity index (χ3v) is 4.09. The molecule has 6 nitrogen and oxygen atoms in total. The van der Waals surface area contributed by atoms with Gasteiger partial charge in [0.1, 0.15) is 6.61 Å². The van der Waals surface area contributed by atoms with Crippen LogP contribution in [-0.2, 0) is 26.3 Å². The molecule has 7 heteroatoms. The summed E-state index contributed by atoms with van der Waals surface area (Å²) in [5.41, 5.74) is 1.12. The van der Waals surface area contributed by atoms with E-state index in [9.17, 15) is 13.2 Å². The Kier molecular flexibility index (Phi) is 3.89. The van der Waals surface area contributed by atoms with E-state index in [1.54, 1.807) is 0 Å². The van der Waals surface area contributed by atoms with Crippen LogP contribution < -0.4 is 0 Å². The number of esters is 1. The summed E-state index contributed by atoms with van der Waals surface area (Å²) in [6.07, 6.45) is 1.21. The van der Waals surface area contributed by atoms with E-state index in [2.05, 4.69) is 4.40 Å². The molecule has 0 radical (unpaired) electrons. The summed E-state index contributed by atoms with van der Waals surface area (Å²) in [6, 6.07) is 9.22. The molecule has 1 aliphatic rings. The molecule has 0 spiro atoms. The molecular weight excluding hydrogens is 280 g/mol. The van der Waals surface area contributed by atoms with Crippen molar-refractivity contribution in [3.8, 4) is 0 Å². The maximum Gasteiger partial charge on any atom is 0.344 e. The van der Waals surface area contributed by atoms with Crippen LogP contribution >= 0.6 is 0 Å². The van der Waals surface area contributed by atoms with Gasteiger partial charge in [-0.3, -0.25) is 4.31 Å². The highest BCUT2D eigenvalue weighted by atomic mass is 32.2. The third kappa shape index (κ3) is 3.05. The van der Waals surface area contributed by atoms with Crippen LogP contribution in [0.5, 0.6) is 0 Å². The minimum atomic E-state index is -3.71. The van der Waals surface area contributed by atoms with Crippen molar-refractivity contribution in [1.29, 1.82) is 0 Å². The average molecular weight is 294 g/mol. The second-order valence-electron chi connectivity index (χ2n) is 4.28. The Morgan fingerprint density at radius 3 is 2.60 bits per heavy atom. The summed E-state index contributed by atoms with van der Waals surface area (Å²) < 4.78 is 32.5. The maximum absolute atomic E-state index is 11.9. The zero-order chi connectivity index (χ0) is 14.8. The van der Waals surface area contributed by atoms with Gasteiger partial charge in [0.25, 0.3) is 0 Å². The summed E-state index contributed by atoms with van der Waals surface area (Å²) in [5, 5.41) is 0. The summed E-state index contributed by atoms with van der Waals surface area (Å²) in [6.45, 7) is 1.58. The normalized spacial score (nSPS) is 17.2. The van der Waals surface area contributed by atoms with E-state index in [-0.39, 0.29) is 17.9 Å². The van der Waals surface area contributed by atoms with Gasteiger partial charge in [0.2, 0.25) is 0 Å². The maximum atomic E-state index is 11.9. The largest absolute Gasteiger partial charge is 0.457 e. The van der Waals surface area contributed by atoms with Gasteiger partial charge >= 0.3 is 16.2 Å². The second kappa shape index (κ2) is 5.46. The highest BCUT2D eigenvalue weighted by Crippen LogP contribution is 2.16. The summed E-state index contributed by atoms with van der Waals surface area (Å²) in [5.74, 6) is -0.600. The lowest BCUT2D eigenvalue weighted by Crippen LogP contribution is -2.29. The van der Waals surface area contributed by atoms with E-state index >= 15 is 0 Å². The van der Waals surface area contributed by atoms with Crippen molar-refractivity contribution in [2.75, 3.05) is 7.05 Å². The Hall–Kier alpha value is -2.15. The van der Waals surface area contributed by atoms with Crippen LogP contribution in [-0.4, -0.2) is 31.5 Å². The van der Waals surface area contributed by atoms with Crippen molar-refractivity contribution in [3.05, 3.63) is 47.7 Å². The van der Waals surface area contributed by atoms with Gasteiger partial charge in [-0.25, -0.2) is 4.79 Å². The number of hydrogen-bond acceptors (Lipinski definition) is 4. The third-order valence-electron chi connectivity index (χ3n) is 2.75. The van der Waals surface area contributed by atoms with Crippen molar-refractivity contribution in [1.82, 2.24) is 4.31 Å². The van der Waals surface area contributed by atoms with Crippen molar-refractivity contribution in [2.45, 2.75) is 13.5 Å². The summed E-state index contributed by atoms with van der Waals surface area (Å²) >= 11 is 0. The molecular formula is C13H14N2O4S. The van der Waals surface area contributed by atoms with Crippen LogP contribution in [0.25, 0.3) is 0 Å². The molecule has 0 saturated carbocycles. The quantitative estimate of drug-likeness (QED) is 0.787. The SMILES string of the molecule is CC1=NS(=O)(=O)N(C)C=C1C(=O)OCc1ccccc1. The fourth-order valence-electron chi connectivity index (χ4n) is 1.63. The summed E-state index contributed by atoms with van der Waals surface area (Å²) in [7, 11) is -2.39. The summed E-state index contributed by atoms with van der Waals surface area (Å²) in [4.78, 5) is 11.9. The Bertz CT molecular complexity index is 678. The van der Waals surface area contributed by atoms with Crippen LogP contribution in [0.3, 0.4) is 0 Å². The highest BCUT2D eigenvalue weighted by molar-refractivity contribution is 7.88. The first-order chi connectivity index (χ1) is 9.40. The average Bonchev–Trinajstić information content (AvgIpc) is 2.41. The highest BCUT2D eigenvalue weighted by Gasteiger charge is 2.26. The molecule has 1 aromatic carbocycles. The molecule has 0 aliphatic carbocycles. The first kappa shape index (κ1) is 14.3. The van der Waals surface area contributed by atoms with Crippen LogP contribution in [0.15, 0.2) is 46.5 Å². The van der Waals surface area contributed by atoms with Gasteiger partial charge in [0.15, 0.2) is 0 Å². The zero-order valence-electron chi connectivity index (χ0n) is 11.1. The minimum Gasteiger partial charge on any atom is -0.457 e. The van der Waals surface area contributed by atoms with Crippen LogP contribution in [0.2, 0.25) is 0 Å². The molecule has 0 saturated heterocycles. The van der Waals surface area contributed by atoms with Crippen molar-refractivity contribution >= 4 is 21.9 Å². The molecule has 0 amide bonds. The molecule has 2 rings (SSSR count). The van der Waals surface area contributed by atoms with Crippen molar-refractivity contribution < 1.29 is 17.9 Å². The number of carbonyl (C=O) groups is 1. The van der Waals surface area contributed by atoms with Crippen LogP contribution in [0, 0.1) is 0 Å². The number of benzene rings is 1. The second-order valence-corrected chi connectivity index (χ2v) is 5.93. The minimum absolute atomic E-state index is 0.126. The lowest BCUT2D eigenvalue weighted by Gasteiger charge is -2.19. The Balaban J connectivity index is 2.09. The van der Waals surface area contributed by atoms with Gasteiger partial charge in [-0.05, 0) is 12.5 Å². The predicted molar refractivity (Wildman–Crippen MR) is 74.1 cm³/mol. The number of ether oxygens (including phenoxy) is 1. The van der Waals surface area contributed by atoms with Gasteiger partial charge in [0, 0.05) is 13.2 Å². The molecule has 20 heavy (non-hydrogen) atoms. The van der Waals surface area contributed by atoms with Gasteiger partial charge < -0.3 is 4.74 Å². The smallest absolute Gasteiger partial charge is 0.344 e. The molecule has 0 unspecified atom stereocenters. The topological polar surface area (TPSA) is 76.0 Å². The Labute approximate surface area is 117 Å². The molecule has 0 aromatic heterocycles. The van der Waals surface area contributed by atoms with E-state index in [0.29, 0.717) is 0 Å².